The van der Waals surface area contributed by atoms with Crippen LogP contribution < -0.4 is 0 Å². The first-order valence-electron chi connectivity index (χ1n) is 4.74. The lowest BCUT2D eigenvalue weighted by atomic mass is 10.1. The highest BCUT2D eigenvalue weighted by Gasteiger charge is 2.21. The van der Waals surface area contributed by atoms with Gasteiger partial charge in [0, 0.05) is 4.47 Å². The smallest absolute Gasteiger partial charge is 0.311 e. The molecule has 0 aliphatic rings. The minimum atomic E-state index is -2.70. The summed E-state index contributed by atoms with van der Waals surface area (Å²) in [7, 11) is 0. The fourth-order valence-electron chi connectivity index (χ4n) is 1.26. The van der Waals surface area contributed by atoms with Crippen LogP contribution in [0.2, 0.25) is 0 Å². The molecule has 0 unspecified atom stereocenters. The standard InChI is InChI=1S/C10H9Br2F2NO2/c1-2-17-8(16)4-6-9(10(13)14)5(11)3-7(12)15-6/h3,10H,2,4H2,1H3. The van der Waals surface area contributed by atoms with E-state index in [-0.39, 0.29) is 28.8 Å². The topological polar surface area (TPSA) is 39.2 Å². The summed E-state index contributed by atoms with van der Waals surface area (Å²) in [5, 5.41) is 0. The summed E-state index contributed by atoms with van der Waals surface area (Å²) in [5.74, 6) is -0.577. The van der Waals surface area contributed by atoms with Gasteiger partial charge in [-0.05, 0) is 28.9 Å². The van der Waals surface area contributed by atoms with Crippen LogP contribution in [0.15, 0.2) is 15.1 Å². The third-order valence-electron chi connectivity index (χ3n) is 1.89. The van der Waals surface area contributed by atoms with E-state index in [1.807, 2.05) is 0 Å². The molecule has 1 aromatic heterocycles. The molecule has 0 bridgehead atoms. The zero-order valence-electron chi connectivity index (χ0n) is 8.84. The van der Waals surface area contributed by atoms with Crippen LogP contribution in [0.4, 0.5) is 8.78 Å². The second-order valence-electron chi connectivity index (χ2n) is 3.07. The van der Waals surface area contributed by atoms with Crippen molar-refractivity contribution in [2.75, 3.05) is 6.61 Å². The summed E-state index contributed by atoms with van der Waals surface area (Å²) in [6, 6.07) is 1.41. The largest absolute Gasteiger partial charge is 0.466 e. The minimum absolute atomic E-state index is 0.0136. The van der Waals surface area contributed by atoms with E-state index in [0.29, 0.717) is 4.60 Å². The molecule has 1 rings (SSSR count). The van der Waals surface area contributed by atoms with Crippen molar-refractivity contribution in [2.24, 2.45) is 0 Å². The second kappa shape index (κ2) is 6.39. The number of halogens is 4. The number of alkyl halides is 2. The maximum absolute atomic E-state index is 12.8. The fourth-order valence-corrected chi connectivity index (χ4v) is 2.62. The molecule has 1 heterocycles. The quantitative estimate of drug-likeness (QED) is 0.598. The first-order chi connectivity index (χ1) is 7.95. The van der Waals surface area contributed by atoms with Crippen LogP contribution in [0.25, 0.3) is 0 Å². The Labute approximate surface area is 114 Å². The van der Waals surface area contributed by atoms with Gasteiger partial charge in [-0.15, -0.1) is 0 Å². The normalized spacial score (nSPS) is 10.7. The Kier molecular flexibility index (Phi) is 5.45. The van der Waals surface area contributed by atoms with E-state index in [0.717, 1.165) is 0 Å². The molecule has 0 saturated heterocycles. The van der Waals surface area contributed by atoms with Crippen molar-refractivity contribution in [3.8, 4) is 0 Å². The number of pyridine rings is 1. The zero-order chi connectivity index (χ0) is 13.0. The zero-order valence-corrected chi connectivity index (χ0v) is 12.0. The predicted octanol–water partition coefficient (Wildman–Crippen LogP) is 3.65. The number of nitrogens with zero attached hydrogens (tertiary/aromatic N) is 1. The van der Waals surface area contributed by atoms with Crippen LogP contribution in [-0.4, -0.2) is 17.6 Å². The Bertz CT molecular complexity index is 427. The molecule has 0 amide bonds. The SMILES string of the molecule is CCOC(=O)Cc1nc(Br)cc(Br)c1C(F)F. The van der Waals surface area contributed by atoms with E-state index < -0.39 is 12.4 Å². The van der Waals surface area contributed by atoms with Crippen LogP contribution >= 0.6 is 31.9 Å². The Hall–Kier alpha value is -0.560. The maximum Gasteiger partial charge on any atom is 0.311 e. The molecule has 1 aromatic rings. The minimum Gasteiger partial charge on any atom is -0.466 e. The van der Waals surface area contributed by atoms with Crippen LogP contribution in [0, 0.1) is 0 Å². The summed E-state index contributed by atoms with van der Waals surface area (Å²) in [6.45, 7) is 1.86. The van der Waals surface area contributed by atoms with Gasteiger partial charge in [-0.3, -0.25) is 4.79 Å². The Morgan fingerprint density at radius 2 is 2.18 bits per heavy atom. The van der Waals surface area contributed by atoms with Gasteiger partial charge < -0.3 is 4.74 Å². The Morgan fingerprint density at radius 1 is 1.53 bits per heavy atom. The van der Waals surface area contributed by atoms with Gasteiger partial charge in [0.1, 0.15) is 4.60 Å². The maximum atomic E-state index is 12.8. The number of rotatable bonds is 4. The van der Waals surface area contributed by atoms with Crippen molar-refractivity contribution in [3.63, 3.8) is 0 Å². The number of esters is 1. The van der Waals surface area contributed by atoms with Gasteiger partial charge in [-0.25, -0.2) is 13.8 Å². The molecule has 3 nitrogen and oxygen atoms in total. The van der Waals surface area contributed by atoms with E-state index in [2.05, 4.69) is 36.8 Å². The summed E-state index contributed by atoms with van der Waals surface area (Å²) in [4.78, 5) is 15.2. The lowest BCUT2D eigenvalue weighted by Crippen LogP contribution is -2.11. The first-order valence-corrected chi connectivity index (χ1v) is 6.32. The Morgan fingerprint density at radius 3 is 2.71 bits per heavy atom. The van der Waals surface area contributed by atoms with Crippen molar-refractivity contribution in [1.29, 1.82) is 0 Å². The molecule has 0 N–H and O–H groups in total. The first kappa shape index (κ1) is 14.5. The predicted molar refractivity (Wildman–Crippen MR) is 64.9 cm³/mol. The summed E-state index contributed by atoms with van der Waals surface area (Å²) in [6.07, 6.45) is -2.97. The number of hydrogen-bond acceptors (Lipinski definition) is 3. The van der Waals surface area contributed by atoms with Crippen molar-refractivity contribution in [2.45, 2.75) is 19.8 Å². The fraction of sp³-hybridized carbons (Fsp3) is 0.400. The van der Waals surface area contributed by atoms with E-state index >= 15 is 0 Å². The van der Waals surface area contributed by atoms with Crippen LogP contribution in [0.5, 0.6) is 0 Å². The molecule has 17 heavy (non-hydrogen) atoms. The van der Waals surface area contributed by atoms with Gasteiger partial charge >= 0.3 is 5.97 Å². The highest BCUT2D eigenvalue weighted by Crippen LogP contribution is 2.32. The summed E-state index contributed by atoms with van der Waals surface area (Å²) >= 11 is 6.11. The average molecular weight is 373 g/mol. The van der Waals surface area contributed by atoms with Crippen molar-refractivity contribution in [1.82, 2.24) is 4.98 Å². The van der Waals surface area contributed by atoms with Crippen LogP contribution in [0.3, 0.4) is 0 Å². The molecule has 0 saturated carbocycles. The average Bonchev–Trinajstić information content (AvgIpc) is 2.15. The highest BCUT2D eigenvalue weighted by atomic mass is 79.9. The molecule has 0 atom stereocenters. The molecular formula is C10H9Br2F2NO2. The third kappa shape index (κ3) is 3.99. The van der Waals surface area contributed by atoms with Crippen molar-refractivity contribution < 1.29 is 18.3 Å². The van der Waals surface area contributed by atoms with E-state index in [1.54, 1.807) is 6.92 Å². The van der Waals surface area contributed by atoms with Gasteiger partial charge in [-0.1, -0.05) is 15.9 Å². The highest BCUT2D eigenvalue weighted by molar-refractivity contribution is 9.11. The van der Waals surface area contributed by atoms with Gasteiger partial charge in [0.15, 0.2) is 0 Å². The molecule has 0 spiro atoms. The lowest BCUT2D eigenvalue weighted by molar-refractivity contribution is -0.142. The summed E-state index contributed by atoms with van der Waals surface area (Å²) < 4.78 is 30.9. The van der Waals surface area contributed by atoms with Gasteiger partial charge in [0.2, 0.25) is 0 Å². The van der Waals surface area contributed by atoms with Gasteiger partial charge in [-0.2, -0.15) is 0 Å². The van der Waals surface area contributed by atoms with Crippen LogP contribution in [0.1, 0.15) is 24.6 Å². The molecule has 7 heteroatoms. The summed E-state index contributed by atoms with van der Waals surface area (Å²) in [5.41, 5.74) is -0.263. The van der Waals surface area contributed by atoms with E-state index in [4.69, 9.17) is 4.74 Å². The van der Waals surface area contributed by atoms with Crippen molar-refractivity contribution >= 4 is 37.8 Å². The number of ether oxygens (including phenoxy) is 1. The Balaban J connectivity index is 3.08. The molecule has 0 aliphatic carbocycles. The number of aromatic nitrogens is 1. The van der Waals surface area contributed by atoms with Gasteiger partial charge in [0.25, 0.3) is 6.43 Å². The monoisotopic (exact) mass is 371 g/mol. The second-order valence-corrected chi connectivity index (χ2v) is 4.74. The molecule has 94 valence electrons. The third-order valence-corrected chi connectivity index (χ3v) is 2.95. The molecule has 0 fully saturated rings. The number of carbonyl (C=O) groups is 1. The number of hydrogen-bond donors (Lipinski definition) is 0. The van der Waals surface area contributed by atoms with E-state index in [1.165, 1.54) is 6.07 Å². The lowest BCUT2D eigenvalue weighted by Gasteiger charge is -2.10. The van der Waals surface area contributed by atoms with Crippen LogP contribution in [-0.2, 0) is 16.0 Å². The van der Waals surface area contributed by atoms with Crippen molar-refractivity contribution in [3.05, 3.63) is 26.4 Å². The molecule has 0 radical (unpaired) electrons. The van der Waals surface area contributed by atoms with E-state index in [9.17, 15) is 13.6 Å². The van der Waals surface area contributed by atoms with Gasteiger partial charge in [0.05, 0.1) is 24.3 Å². The number of carbonyl (C=O) groups excluding carboxylic acids is 1. The molecular weight excluding hydrogens is 364 g/mol. The molecule has 0 aliphatic heterocycles. The molecule has 0 aromatic carbocycles.